The van der Waals surface area contributed by atoms with Crippen molar-refractivity contribution in [2.75, 3.05) is 26.2 Å². The molecule has 0 aromatic heterocycles. The molecule has 0 amide bonds. The van der Waals surface area contributed by atoms with Crippen LogP contribution in [0.1, 0.15) is 123 Å². The summed E-state index contributed by atoms with van der Waals surface area (Å²) >= 11 is 0. The number of nitrogens with one attached hydrogen (secondary N) is 1. The average Bonchev–Trinajstić information content (AvgIpc) is 2.72. The summed E-state index contributed by atoms with van der Waals surface area (Å²) < 4.78 is 22.4. The summed E-state index contributed by atoms with van der Waals surface area (Å²) in [6.45, 7) is 7.88. The van der Waals surface area contributed by atoms with Gasteiger partial charge in [0.05, 0.1) is 32.3 Å². The van der Waals surface area contributed by atoms with Gasteiger partial charge in [0, 0.05) is 12.8 Å². The molecule has 1 heterocycles. The van der Waals surface area contributed by atoms with Crippen LogP contribution in [-0.2, 0) is 13.6 Å². The van der Waals surface area contributed by atoms with Gasteiger partial charge in [-0.05, 0) is 12.8 Å². The molecular weight excluding hydrogens is 397 g/mol. The van der Waals surface area contributed by atoms with Crippen LogP contribution in [0.5, 0.6) is 0 Å². The molecule has 1 unspecified atom stereocenters. The Morgan fingerprint density at radius 3 is 1.70 bits per heavy atom. The van der Waals surface area contributed by atoms with E-state index in [4.69, 9.17) is 9.05 Å². The molecule has 0 aliphatic carbocycles. The lowest BCUT2D eigenvalue weighted by atomic mass is 10.0. The first-order chi connectivity index (χ1) is 14.6. The van der Waals surface area contributed by atoms with Crippen molar-refractivity contribution in [3.63, 3.8) is 0 Å². The second-order valence-corrected chi connectivity index (χ2v) is 10.5. The molecule has 0 spiro atoms. The van der Waals surface area contributed by atoms with Gasteiger partial charge in [0.2, 0.25) is 0 Å². The standard InChI is InChI=1S/C24H50NO4P/c1-3-5-6-7-8-9-10-11-12-13-14-15-16-17-23-28-30(26,27)29-24-18-21-25(20-4-2)22-19-24/h24H,3-23H2,1-2H3,(H,26,27). The van der Waals surface area contributed by atoms with Gasteiger partial charge in [0.1, 0.15) is 0 Å². The molecule has 1 fully saturated rings. The highest BCUT2D eigenvalue weighted by molar-refractivity contribution is 7.45. The monoisotopic (exact) mass is 447 g/mol. The number of quaternary nitrogens is 1. The quantitative estimate of drug-likeness (QED) is 0.200. The number of unbranched alkanes of at least 4 members (excludes halogenated alkanes) is 13. The van der Waals surface area contributed by atoms with Crippen LogP contribution >= 0.6 is 7.82 Å². The molecule has 180 valence electrons. The van der Waals surface area contributed by atoms with Crippen LogP contribution in [-0.4, -0.2) is 32.3 Å². The van der Waals surface area contributed by atoms with Crippen LogP contribution in [0.4, 0.5) is 0 Å². The molecule has 0 bridgehead atoms. The maximum absolute atomic E-state index is 12.0. The molecule has 0 aromatic rings. The minimum atomic E-state index is -4.14. The number of hydrogen-bond acceptors (Lipinski definition) is 4. The van der Waals surface area contributed by atoms with Crippen molar-refractivity contribution in [3.05, 3.63) is 0 Å². The summed E-state index contributed by atoms with van der Waals surface area (Å²) in [5, 5.41) is 0. The zero-order valence-electron chi connectivity index (χ0n) is 20.0. The van der Waals surface area contributed by atoms with Gasteiger partial charge in [0.15, 0.2) is 0 Å². The molecule has 1 saturated heterocycles. The summed E-state index contributed by atoms with van der Waals surface area (Å²) in [5.74, 6) is 0. The molecule has 0 radical (unpaired) electrons. The van der Waals surface area contributed by atoms with Crippen LogP contribution in [0.15, 0.2) is 0 Å². The number of phosphoric acid groups is 1. The first-order valence-corrected chi connectivity index (χ1v) is 14.5. The lowest BCUT2D eigenvalue weighted by Gasteiger charge is -2.33. The summed E-state index contributed by atoms with van der Waals surface area (Å²) in [7, 11) is -4.14. The predicted molar refractivity (Wildman–Crippen MR) is 124 cm³/mol. The minimum absolute atomic E-state index is 0.190. The van der Waals surface area contributed by atoms with Crippen molar-refractivity contribution in [2.45, 2.75) is 129 Å². The number of likely N-dealkylation sites (tertiary alicyclic amines) is 1. The van der Waals surface area contributed by atoms with Gasteiger partial charge >= 0.3 is 0 Å². The molecule has 0 aromatic carbocycles. The predicted octanol–water partition coefficient (Wildman–Crippen LogP) is 5.43. The molecule has 1 rings (SSSR count). The average molecular weight is 448 g/mol. The Bertz CT molecular complexity index is 427. The van der Waals surface area contributed by atoms with E-state index in [0.717, 1.165) is 45.3 Å². The SMILES string of the molecule is CCCCCCCCCCCCCCCCOP(=O)([O-])OC1CC[NH+](CCC)CC1. The van der Waals surface area contributed by atoms with Crippen molar-refractivity contribution in [1.82, 2.24) is 0 Å². The Hall–Kier alpha value is 0.0700. The van der Waals surface area contributed by atoms with E-state index in [0.29, 0.717) is 0 Å². The van der Waals surface area contributed by atoms with E-state index < -0.39 is 7.82 Å². The van der Waals surface area contributed by atoms with Crippen LogP contribution in [0.3, 0.4) is 0 Å². The lowest BCUT2D eigenvalue weighted by Crippen LogP contribution is -3.13. The van der Waals surface area contributed by atoms with Gasteiger partial charge < -0.3 is 18.8 Å². The van der Waals surface area contributed by atoms with E-state index >= 15 is 0 Å². The number of rotatable bonds is 20. The Morgan fingerprint density at radius 2 is 1.23 bits per heavy atom. The van der Waals surface area contributed by atoms with Crippen LogP contribution < -0.4 is 9.79 Å². The highest BCUT2D eigenvalue weighted by atomic mass is 31.2. The van der Waals surface area contributed by atoms with Gasteiger partial charge in [-0.15, -0.1) is 0 Å². The molecule has 1 atom stereocenters. The molecule has 1 aliphatic heterocycles. The van der Waals surface area contributed by atoms with E-state index in [2.05, 4.69) is 13.8 Å². The highest BCUT2D eigenvalue weighted by Gasteiger charge is 2.25. The fourth-order valence-electron chi connectivity index (χ4n) is 4.39. The first kappa shape index (κ1) is 28.1. The number of phosphoric ester groups is 1. The maximum atomic E-state index is 12.0. The third-order valence-corrected chi connectivity index (χ3v) is 7.32. The molecule has 0 saturated carbocycles. The Labute approximate surface area is 186 Å². The third kappa shape index (κ3) is 15.8. The fraction of sp³-hybridized carbons (Fsp3) is 1.00. The van der Waals surface area contributed by atoms with E-state index in [-0.39, 0.29) is 12.7 Å². The van der Waals surface area contributed by atoms with E-state index in [1.54, 1.807) is 4.90 Å². The zero-order chi connectivity index (χ0) is 21.9. The summed E-state index contributed by atoms with van der Waals surface area (Å²) in [6, 6.07) is 0. The normalized spacial score (nSPS) is 21.6. The minimum Gasteiger partial charge on any atom is -0.756 e. The summed E-state index contributed by atoms with van der Waals surface area (Å²) in [4.78, 5) is 13.6. The maximum Gasteiger partial charge on any atom is 0.268 e. The van der Waals surface area contributed by atoms with Gasteiger partial charge in [-0.1, -0.05) is 97.3 Å². The molecule has 30 heavy (non-hydrogen) atoms. The smallest absolute Gasteiger partial charge is 0.268 e. The van der Waals surface area contributed by atoms with Crippen molar-refractivity contribution in [3.8, 4) is 0 Å². The highest BCUT2D eigenvalue weighted by Crippen LogP contribution is 2.41. The third-order valence-electron chi connectivity index (χ3n) is 6.27. The Morgan fingerprint density at radius 1 is 0.767 bits per heavy atom. The van der Waals surface area contributed by atoms with Crippen LogP contribution in [0.2, 0.25) is 0 Å². The van der Waals surface area contributed by atoms with Gasteiger partial charge in [-0.2, -0.15) is 0 Å². The molecule has 5 nitrogen and oxygen atoms in total. The topological polar surface area (TPSA) is 63.0 Å². The summed E-state index contributed by atoms with van der Waals surface area (Å²) in [5.41, 5.74) is 0. The second kappa shape index (κ2) is 18.6. The number of piperidine rings is 1. The second-order valence-electron chi connectivity index (χ2n) is 9.18. The lowest BCUT2D eigenvalue weighted by molar-refractivity contribution is -0.906. The molecule has 1 N–H and O–H groups in total. The van der Waals surface area contributed by atoms with Crippen molar-refractivity contribution in [2.24, 2.45) is 0 Å². The van der Waals surface area contributed by atoms with Crippen molar-refractivity contribution < 1.29 is 23.4 Å². The molecule has 1 aliphatic rings. The summed E-state index contributed by atoms with van der Waals surface area (Å²) in [6.07, 6.45) is 20.6. The van der Waals surface area contributed by atoms with Gasteiger partial charge in [-0.3, -0.25) is 4.57 Å². The van der Waals surface area contributed by atoms with Gasteiger partial charge in [-0.25, -0.2) is 0 Å². The number of hydrogen-bond donors (Lipinski definition) is 1. The van der Waals surface area contributed by atoms with Crippen LogP contribution in [0, 0.1) is 0 Å². The zero-order valence-corrected chi connectivity index (χ0v) is 20.9. The van der Waals surface area contributed by atoms with E-state index in [9.17, 15) is 9.46 Å². The van der Waals surface area contributed by atoms with E-state index in [1.165, 1.54) is 83.5 Å². The molecule has 6 heteroatoms. The van der Waals surface area contributed by atoms with Crippen LogP contribution in [0.25, 0.3) is 0 Å². The first-order valence-electron chi connectivity index (χ1n) is 13.0. The van der Waals surface area contributed by atoms with Crippen molar-refractivity contribution in [1.29, 1.82) is 0 Å². The molecular formula is C24H50NO4P. The van der Waals surface area contributed by atoms with Crippen molar-refractivity contribution >= 4 is 7.82 Å². The van der Waals surface area contributed by atoms with E-state index in [1.807, 2.05) is 0 Å². The Balaban J connectivity index is 1.87. The van der Waals surface area contributed by atoms with Gasteiger partial charge in [0.25, 0.3) is 7.82 Å². The largest absolute Gasteiger partial charge is 0.756 e. The fourth-order valence-corrected chi connectivity index (χ4v) is 5.38. The Kier molecular flexibility index (Phi) is 17.4.